The van der Waals surface area contributed by atoms with Gasteiger partial charge >= 0.3 is 0 Å². The molecule has 0 aliphatic heterocycles. The molecule has 0 aliphatic rings. The number of aromatic nitrogens is 1. The molecule has 1 aromatic carbocycles. The van der Waals surface area contributed by atoms with Crippen molar-refractivity contribution in [2.75, 3.05) is 0 Å². The van der Waals surface area contributed by atoms with Gasteiger partial charge in [-0.3, -0.25) is 0 Å². The maximum absolute atomic E-state index is 5.76. The maximum Gasteiger partial charge on any atom is 0.195 e. The van der Waals surface area contributed by atoms with Crippen molar-refractivity contribution < 1.29 is 4.52 Å². The molecule has 0 radical (unpaired) electrons. The van der Waals surface area contributed by atoms with Crippen LogP contribution in [-0.2, 0) is 0 Å². The van der Waals surface area contributed by atoms with E-state index in [1.807, 2.05) is 31.2 Å². The topological polar surface area (TPSA) is 38.4 Å². The third kappa shape index (κ3) is 2.67. The highest BCUT2D eigenvalue weighted by Crippen LogP contribution is 2.12. The van der Waals surface area contributed by atoms with Gasteiger partial charge in [0.05, 0.1) is 0 Å². The van der Waals surface area contributed by atoms with Crippen molar-refractivity contribution in [2.45, 2.75) is 6.92 Å². The third-order valence-corrected chi connectivity index (χ3v) is 2.08. The van der Waals surface area contributed by atoms with Gasteiger partial charge in [-0.15, -0.1) is 0 Å². The van der Waals surface area contributed by atoms with Crippen LogP contribution in [0.5, 0.6) is 0 Å². The van der Waals surface area contributed by atoms with Gasteiger partial charge in [0, 0.05) is 17.3 Å². The molecule has 0 spiro atoms. The van der Waals surface area contributed by atoms with Crippen molar-refractivity contribution in [2.24, 2.45) is 4.99 Å². The van der Waals surface area contributed by atoms with Crippen molar-refractivity contribution >= 4 is 23.6 Å². The second-order valence-corrected chi connectivity index (χ2v) is 3.54. The van der Waals surface area contributed by atoms with Gasteiger partial charge in [0.15, 0.2) is 5.82 Å². The van der Waals surface area contributed by atoms with Crippen LogP contribution < -0.4 is 0 Å². The second-order valence-electron chi connectivity index (χ2n) is 3.11. The van der Waals surface area contributed by atoms with E-state index in [-0.39, 0.29) is 0 Å². The Morgan fingerprint density at radius 1 is 1.33 bits per heavy atom. The zero-order chi connectivity index (χ0) is 10.7. The first-order valence-corrected chi connectivity index (χ1v) is 4.85. The summed E-state index contributed by atoms with van der Waals surface area (Å²) in [5.41, 5.74) is 0.972. The molecular weight excluding hydrogens is 212 g/mol. The molecule has 0 amide bonds. The first-order valence-electron chi connectivity index (χ1n) is 4.47. The molecule has 15 heavy (non-hydrogen) atoms. The average molecular weight is 221 g/mol. The van der Waals surface area contributed by atoms with E-state index in [4.69, 9.17) is 16.1 Å². The van der Waals surface area contributed by atoms with Crippen molar-refractivity contribution in [1.29, 1.82) is 0 Å². The summed E-state index contributed by atoms with van der Waals surface area (Å²) in [6.07, 6.45) is 1.72. The number of aliphatic imine (C=N–C) groups is 1. The van der Waals surface area contributed by atoms with Crippen LogP contribution in [0.4, 0.5) is 5.82 Å². The van der Waals surface area contributed by atoms with E-state index in [1.54, 1.807) is 12.3 Å². The van der Waals surface area contributed by atoms with Gasteiger partial charge in [0.1, 0.15) is 5.76 Å². The van der Waals surface area contributed by atoms with E-state index < -0.39 is 0 Å². The number of halogens is 1. The van der Waals surface area contributed by atoms with Crippen LogP contribution in [0.25, 0.3) is 0 Å². The highest BCUT2D eigenvalue weighted by Gasteiger charge is 1.95. The summed E-state index contributed by atoms with van der Waals surface area (Å²) in [5, 5.41) is 4.46. The van der Waals surface area contributed by atoms with Gasteiger partial charge in [-0.2, -0.15) is 0 Å². The van der Waals surface area contributed by atoms with Crippen molar-refractivity contribution in [3.63, 3.8) is 0 Å². The molecule has 0 atom stereocenters. The van der Waals surface area contributed by atoms with Crippen LogP contribution >= 0.6 is 11.6 Å². The number of hydrogen-bond donors (Lipinski definition) is 0. The average Bonchev–Trinajstić information content (AvgIpc) is 2.64. The number of rotatable bonds is 2. The second kappa shape index (κ2) is 4.28. The van der Waals surface area contributed by atoms with Gasteiger partial charge in [0.2, 0.25) is 0 Å². The summed E-state index contributed by atoms with van der Waals surface area (Å²) >= 11 is 5.76. The SMILES string of the molecule is Cc1cc(N=Cc2ccc(Cl)cc2)no1. The molecule has 1 aromatic heterocycles. The third-order valence-electron chi connectivity index (χ3n) is 1.83. The van der Waals surface area contributed by atoms with Gasteiger partial charge in [-0.1, -0.05) is 28.9 Å². The smallest absolute Gasteiger partial charge is 0.195 e. The summed E-state index contributed by atoms with van der Waals surface area (Å²) in [4.78, 5) is 4.15. The van der Waals surface area contributed by atoms with E-state index in [1.165, 1.54) is 0 Å². The molecular formula is C11H9ClN2O. The molecule has 0 unspecified atom stereocenters. The fourth-order valence-electron chi connectivity index (χ4n) is 1.10. The predicted octanol–water partition coefficient (Wildman–Crippen LogP) is 3.39. The number of hydrogen-bond acceptors (Lipinski definition) is 3. The lowest BCUT2D eigenvalue weighted by atomic mass is 10.2. The summed E-state index contributed by atoms with van der Waals surface area (Å²) in [6.45, 7) is 1.83. The normalized spacial score (nSPS) is 11.1. The lowest BCUT2D eigenvalue weighted by molar-refractivity contribution is 0.399. The van der Waals surface area contributed by atoms with E-state index in [2.05, 4.69) is 10.1 Å². The minimum absolute atomic E-state index is 0.572. The van der Waals surface area contributed by atoms with Crippen LogP contribution in [0, 0.1) is 6.92 Å². The summed E-state index contributed by atoms with van der Waals surface area (Å²) in [6, 6.07) is 9.18. The molecule has 2 aromatic rings. The van der Waals surface area contributed by atoms with Crippen molar-refractivity contribution in [3.8, 4) is 0 Å². The van der Waals surface area contributed by atoms with Crippen LogP contribution in [0.2, 0.25) is 5.02 Å². The molecule has 2 rings (SSSR count). The van der Waals surface area contributed by atoms with Crippen LogP contribution in [0.1, 0.15) is 11.3 Å². The van der Waals surface area contributed by atoms with E-state index in [0.29, 0.717) is 10.8 Å². The van der Waals surface area contributed by atoms with Crippen LogP contribution in [-0.4, -0.2) is 11.4 Å². The molecule has 0 N–H and O–H groups in total. The molecule has 0 fully saturated rings. The highest BCUT2D eigenvalue weighted by molar-refractivity contribution is 6.30. The molecule has 4 heteroatoms. The fourth-order valence-corrected chi connectivity index (χ4v) is 1.23. The summed E-state index contributed by atoms with van der Waals surface area (Å²) < 4.78 is 4.89. The van der Waals surface area contributed by atoms with E-state index in [9.17, 15) is 0 Å². The van der Waals surface area contributed by atoms with Gasteiger partial charge in [-0.05, 0) is 24.6 Å². The van der Waals surface area contributed by atoms with Gasteiger partial charge < -0.3 is 4.52 Å². The summed E-state index contributed by atoms with van der Waals surface area (Å²) in [7, 11) is 0. The monoisotopic (exact) mass is 220 g/mol. The highest BCUT2D eigenvalue weighted by atomic mass is 35.5. The van der Waals surface area contributed by atoms with E-state index >= 15 is 0 Å². The zero-order valence-electron chi connectivity index (χ0n) is 8.14. The lowest BCUT2D eigenvalue weighted by Crippen LogP contribution is -1.78. The Labute approximate surface area is 92.4 Å². The Balaban J connectivity index is 2.14. The zero-order valence-corrected chi connectivity index (χ0v) is 8.90. The van der Waals surface area contributed by atoms with Crippen molar-refractivity contribution in [1.82, 2.24) is 5.16 Å². The summed E-state index contributed by atoms with van der Waals surface area (Å²) in [5.74, 6) is 1.32. The Bertz CT molecular complexity index is 474. The molecule has 0 saturated heterocycles. The van der Waals surface area contributed by atoms with Crippen molar-refractivity contribution in [3.05, 3.63) is 46.7 Å². The van der Waals surface area contributed by atoms with Gasteiger partial charge in [0.25, 0.3) is 0 Å². The number of benzene rings is 1. The molecule has 1 heterocycles. The molecule has 0 bridgehead atoms. The minimum Gasteiger partial charge on any atom is -0.359 e. The van der Waals surface area contributed by atoms with Crippen LogP contribution in [0.15, 0.2) is 39.8 Å². The number of aryl methyl sites for hydroxylation is 1. The van der Waals surface area contributed by atoms with E-state index in [0.717, 1.165) is 11.3 Å². The molecule has 0 aliphatic carbocycles. The van der Waals surface area contributed by atoms with Gasteiger partial charge in [-0.25, -0.2) is 4.99 Å². The minimum atomic E-state index is 0.572. The Morgan fingerprint density at radius 2 is 2.07 bits per heavy atom. The predicted molar refractivity (Wildman–Crippen MR) is 59.9 cm³/mol. The Kier molecular flexibility index (Phi) is 2.83. The Morgan fingerprint density at radius 3 is 2.67 bits per heavy atom. The first kappa shape index (κ1) is 9.93. The molecule has 0 saturated carbocycles. The molecule has 3 nitrogen and oxygen atoms in total. The maximum atomic E-state index is 5.76. The standard InChI is InChI=1S/C11H9ClN2O/c1-8-6-11(14-15-8)13-7-9-2-4-10(12)5-3-9/h2-7H,1H3. The van der Waals surface area contributed by atoms with Crippen LogP contribution in [0.3, 0.4) is 0 Å². The lowest BCUT2D eigenvalue weighted by Gasteiger charge is -1.91. The quantitative estimate of drug-likeness (QED) is 0.728. The Hall–Kier alpha value is -1.61. The number of nitrogens with zero attached hydrogens (tertiary/aromatic N) is 2. The fraction of sp³-hybridized carbons (Fsp3) is 0.0909. The largest absolute Gasteiger partial charge is 0.359 e. The first-order chi connectivity index (χ1) is 7.24. The molecule has 76 valence electrons.